The first-order valence-corrected chi connectivity index (χ1v) is 6.62. The lowest BCUT2D eigenvalue weighted by atomic mass is 10.1. The van der Waals surface area contributed by atoms with Crippen LogP contribution in [-0.4, -0.2) is 17.9 Å². The molecule has 0 saturated carbocycles. The van der Waals surface area contributed by atoms with Gasteiger partial charge in [0, 0.05) is 18.0 Å². The van der Waals surface area contributed by atoms with Crippen LogP contribution in [0.3, 0.4) is 0 Å². The number of likely N-dealkylation sites (N-methyl/N-ethyl adjacent to an activating group) is 1. The van der Waals surface area contributed by atoms with Crippen LogP contribution < -0.4 is 0 Å². The van der Waals surface area contributed by atoms with Gasteiger partial charge < -0.3 is 9.32 Å². The Kier molecular flexibility index (Phi) is 4.23. The van der Waals surface area contributed by atoms with E-state index in [9.17, 15) is 9.18 Å². The van der Waals surface area contributed by atoms with E-state index in [0.29, 0.717) is 17.9 Å². The number of benzene rings is 1. The van der Waals surface area contributed by atoms with Gasteiger partial charge >= 0.3 is 0 Å². The van der Waals surface area contributed by atoms with Gasteiger partial charge in [-0.1, -0.05) is 13.0 Å². The third-order valence-corrected chi connectivity index (χ3v) is 3.25. The Bertz CT molecular complexity index is 658. The number of aryl methyl sites for hydroxylation is 1. The molecule has 1 aromatic carbocycles. The van der Waals surface area contributed by atoms with Gasteiger partial charge in [0.15, 0.2) is 0 Å². The van der Waals surface area contributed by atoms with E-state index in [1.807, 2.05) is 19.9 Å². The van der Waals surface area contributed by atoms with Crippen molar-refractivity contribution in [3.63, 3.8) is 0 Å². The average molecular weight is 275 g/mol. The molecule has 1 aromatic heterocycles. The Hall–Kier alpha value is -2.10. The second-order valence-corrected chi connectivity index (χ2v) is 4.80. The first-order valence-electron chi connectivity index (χ1n) is 6.62. The summed E-state index contributed by atoms with van der Waals surface area (Å²) in [5, 5.41) is 0.755. The molecule has 0 aliphatic rings. The summed E-state index contributed by atoms with van der Waals surface area (Å²) in [7, 11) is 1.72. The third-order valence-electron chi connectivity index (χ3n) is 3.25. The quantitative estimate of drug-likeness (QED) is 0.795. The summed E-state index contributed by atoms with van der Waals surface area (Å²) in [6, 6.07) is 4.43. The van der Waals surface area contributed by atoms with Crippen molar-refractivity contribution in [2.75, 3.05) is 7.05 Å². The molecule has 1 amide bonds. The number of halogens is 1. The van der Waals surface area contributed by atoms with E-state index < -0.39 is 0 Å². The zero-order valence-corrected chi connectivity index (χ0v) is 11.9. The minimum Gasteiger partial charge on any atom is -0.459 e. The van der Waals surface area contributed by atoms with Crippen molar-refractivity contribution >= 4 is 16.9 Å². The Morgan fingerprint density at radius 2 is 2.20 bits per heavy atom. The van der Waals surface area contributed by atoms with E-state index in [-0.39, 0.29) is 11.7 Å². The Labute approximate surface area is 117 Å². The number of carbonyl (C=O) groups is 1. The van der Waals surface area contributed by atoms with Crippen LogP contribution in [-0.2, 0) is 11.3 Å². The van der Waals surface area contributed by atoms with Gasteiger partial charge in [0.2, 0.25) is 5.91 Å². The van der Waals surface area contributed by atoms with Gasteiger partial charge in [-0.2, -0.15) is 0 Å². The molecule has 0 fully saturated rings. The molecule has 0 unspecified atom stereocenters. The monoisotopic (exact) mass is 275 g/mol. The molecule has 0 atom stereocenters. The van der Waals surface area contributed by atoms with Gasteiger partial charge in [0.1, 0.15) is 17.2 Å². The number of hydrogen-bond donors (Lipinski definition) is 0. The van der Waals surface area contributed by atoms with Gasteiger partial charge in [0.05, 0.1) is 6.54 Å². The van der Waals surface area contributed by atoms with Gasteiger partial charge in [-0.3, -0.25) is 4.79 Å². The average Bonchev–Trinajstić information content (AvgIpc) is 2.73. The molecule has 4 heteroatoms. The molecule has 0 aliphatic heterocycles. The normalized spacial score (nSPS) is 11.4. The Balaban J connectivity index is 2.23. The zero-order valence-electron chi connectivity index (χ0n) is 11.9. The number of nitrogens with zero attached hydrogens (tertiary/aromatic N) is 1. The molecule has 106 valence electrons. The molecule has 2 aromatic rings. The maximum Gasteiger partial charge on any atom is 0.246 e. The number of hydrogen-bond acceptors (Lipinski definition) is 2. The standard InChI is InChI=1S/C16H18FNO2/c1-4-5-6-16(19)18(3)10-15-11(2)13-9-12(17)7-8-14(13)20-15/h5-9H,4,10H2,1-3H3/b6-5+. The highest BCUT2D eigenvalue weighted by Gasteiger charge is 2.14. The van der Waals surface area contributed by atoms with E-state index in [1.165, 1.54) is 12.1 Å². The highest BCUT2D eigenvalue weighted by atomic mass is 19.1. The Morgan fingerprint density at radius 3 is 2.90 bits per heavy atom. The lowest BCUT2D eigenvalue weighted by Gasteiger charge is -2.13. The second kappa shape index (κ2) is 5.90. The number of carbonyl (C=O) groups excluding carboxylic acids is 1. The predicted molar refractivity (Wildman–Crippen MR) is 76.8 cm³/mol. The van der Waals surface area contributed by atoms with Crippen LogP contribution in [0.2, 0.25) is 0 Å². The van der Waals surface area contributed by atoms with Crippen molar-refractivity contribution in [2.45, 2.75) is 26.8 Å². The first kappa shape index (κ1) is 14.3. The molecule has 2 rings (SSSR count). The summed E-state index contributed by atoms with van der Waals surface area (Å²) in [4.78, 5) is 13.4. The topological polar surface area (TPSA) is 33.5 Å². The molecule has 0 spiro atoms. The molecule has 3 nitrogen and oxygen atoms in total. The summed E-state index contributed by atoms with van der Waals surface area (Å²) >= 11 is 0. The maximum absolute atomic E-state index is 13.2. The Morgan fingerprint density at radius 1 is 1.45 bits per heavy atom. The molecule has 0 aliphatic carbocycles. The van der Waals surface area contributed by atoms with Crippen LogP contribution in [0.4, 0.5) is 4.39 Å². The molecule has 0 N–H and O–H groups in total. The van der Waals surface area contributed by atoms with E-state index in [4.69, 9.17) is 4.42 Å². The van der Waals surface area contributed by atoms with E-state index >= 15 is 0 Å². The minimum atomic E-state index is -0.289. The minimum absolute atomic E-state index is 0.0714. The van der Waals surface area contributed by atoms with Gasteiger partial charge in [-0.25, -0.2) is 4.39 Å². The zero-order chi connectivity index (χ0) is 14.7. The molecule has 1 heterocycles. The number of allylic oxidation sites excluding steroid dienone is 1. The van der Waals surface area contributed by atoms with Gasteiger partial charge in [-0.05, 0) is 37.6 Å². The number of fused-ring (bicyclic) bond motifs is 1. The van der Waals surface area contributed by atoms with Crippen LogP contribution in [0, 0.1) is 12.7 Å². The smallest absolute Gasteiger partial charge is 0.246 e. The van der Waals surface area contributed by atoms with Crippen LogP contribution in [0.5, 0.6) is 0 Å². The van der Waals surface area contributed by atoms with Crippen LogP contribution in [0.15, 0.2) is 34.8 Å². The molecule has 0 bridgehead atoms. The number of rotatable bonds is 4. The molecular weight excluding hydrogens is 257 g/mol. The first-order chi connectivity index (χ1) is 9.52. The summed E-state index contributed by atoms with van der Waals surface area (Å²) in [5.41, 5.74) is 1.52. The van der Waals surface area contributed by atoms with Gasteiger partial charge in [0.25, 0.3) is 0 Å². The van der Waals surface area contributed by atoms with E-state index in [0.717, 1.165) is 17.4 Å². The summed E-state index contributed by atoms with van der Waals surface area (Å²) in [6.45, 7) is 4.22. The SMILES string of the molecule is CC/C=C/C(=O)N(C)Cc1oc2ccc(F)cc2c1C. The third kappa shape index (κ3) is 2.90. The van der Waals surface area contributed by atoms with Crippen LogP contribution in [0.1, 0.15) is 24.7 Å². The van der Waals surface area contributed by atoms with Crippen molar-refractivity contribution < 1.29 is 13.6 Å². The maximum atomic E-state index is 13.2. The predicted octanol–water partition coefficient (Wildman–Crippen LogP) is 3.80. The second-order valence-electron chi connectivity index (χ2n) is 4.80. The van der Waals surface area contributed by atoms with Crippen molar-refractivity contribution in [1.29, 1.82) is 0 Å². The summed E-state index contributed by atoms with van der Waals surface area (Å²) in [6.07, 6.45) is 4.19. The molecule has 20 heavy (non-hydrogen) atoms. The highest BCUT2D eigenvalue weighted by Crippen LogP contribution is 2.26. The van der Waals surface area contributed by atoms with E-state index in [1.54, 1.807) is 24.1 Å². The fraction of sp³-hybridized carbons (Fsp3) is 0.312. The largest absolute Gasteiger partial charge is 0.459 e. The van der Waals surface area contributed by atoms with Crippen molar-refractivity contribution in [1.82, 2.24) is 4.90 Å². The van der Waals surface area contributed by atoms with E-state index in [2.05, 4.69) is 0 Å². The lowest BCUT2D eigenvalue weighted by Crippen LogP contribution is -2.24. The fourth-order valence-electron chi connectivity index (χ4n) is 2.03. The molecule has 0 radical (unpaired) electrons. The highest BCUT2D eigenvalue weighted by molar-refractivity contribution is 5.87. The van der Waals surface area contributed by atoms with Crippen LogP contribution in [0.25, 0.3) is 11.0 Å². The fourth-order valence-corrected chi connectivity index (χ4v) is 2.03. The molecular formula is C16H18FNO2. The molecule has 0 saturated heterocycles. The lowest BCUT2D eigenvalue weighted by molar-refractivity contribution is -0.125. The van der Waals surface area contributed by atoms with Gasteiger partial charge in [-0.15, -0.1) is 0 Å². The van der Waals surface area contributed by atoms with Crippen molar-refractivity contribution in [3.05, 3.63) is 47.5 Å². The number of furan rings is 1. The van der Waals surface area contributed by atoms with Crippen molar-refractivity contribution in [2.24, 2.45) is 0 Å². The van der Waals surface area contributed by atoms with Crippen molar-refractivity contribution in [3.8, 4) is 0 Å². The summed E-state index contributed by atoms with van der Waals surface area (Å²) < 4.78 is 18.9. The summed E-state index contributed by atoms with van der Waals surface area (Å²) in [5.74, 6) is 0.326. The van der Waals surface area contributed by atoms with Crippen LogP contribution >= 0.6 is 0 Å². The number of amides is 1.